The van der Waals surface area contributed by atoms with Crippen LogP contribution in [0.4, 0.5) is 0 Å². The zero-order valence-electron chi connectivity index (χ0n) is 16.4. The quantitative estimate of drug-likeness (QED) is 0.508. The normalized spacial score (nSPS) is 11.6. The summed E-state index contributed by atoms with van der Waals surface area (Å²) >= 11 is 0. The fraction of sp³-hybridized carbons (Fsp3) is 0.381. The molecule has 0 aliphatic rings. The van der Waals surface area contributed by atoms with E-state index in [-0.39, 0.29) is 17.3 Å². The van der Waals surface area contributed by atoms with Crippen LogP contribution in [0.2, 0.25) is 0 Å². The summed E-state index contributed by atoms with van der Waals surface area (Å²) in [5, 5.41) is 0. The highest BCUT2D eigenvalue weighted by Gasteiger charge is 2.21. The molecule has 0 saturated heterocycles. The molecular formula is C21H27NO4S. The maximum Gasteiger partial charge on any atom is 0.311 e. The van der Waals surface area contributed by atoms with Gasteiger partial charge >= 0.3 is 5.97 Å². The van der Waals surface area contributed by atoms with Gasteiger partial charge in [-0.3, -0.25) is 4.79 Å². The Labute approximate surface area is 162 Å². The van der Waals surface area contributed by atoms with Gasteiger partial charge in [-0.15, -0.1) is 0 Å². The summed E-state index contributed by atoms with van der Waals surface area (Å²) in [5.41, 5.74) is 2.75. The Bertz CT molecular complexity index is 865. The predicted octanol–water partition coefficient (Wildman–Crippen LogP) is 3.87. The molecule has 0 spiro atoms. The Balaban J connectivity index is 2.00. The molecule has 5 nitrogen and oxygen atoms in total. The maximum atomic E-state index is 12.5. The number of aryl methyl sites for hydroxylation is 3. The van der Waals surface area contributed by atoms with Crippen LogP contribution in [0.3, 0.4) is 0 Å². The van der Waals surface area contributed by atoms with Crippen molar-refractivity contribution < 1.29 is 17.9 Å². The Kier molecular flexibility index (Phi) is 7.16. The van der Waals surface area contributed by atoms with Crippen molar-refractivity contribution in [1.29, 1.82) is 0 Å². The number of sulfonamides is 1. The van der Waals surface area contributed by atoms with Crippen LogP contribution < -0.4 is 4.74 Å². The third kappa shape index (κ3) is 5.17. The second kappa shape index (κ2) is 9.15. The van der Waals surface area contributed by atoms with E-state index in [1.165, 1.54) is 4.31 Å². The first-order valence-electron chi connectivity index (χ1n) is 9.15. The van der Waals surface area contributed by atoms with Crippen LogP contribution in [-0.2, 0) is 21.2 Å². The summed E-state index contributed by atoms with van der Waals surface area (Å²) in [6.45, 7) is 8.32. The van der Waals surface area contributed by atoms with Gasteiger partial charge in [0.1, 0.15) is 5.75 Å². The van der Waals surface area contributed by atoms with Crippen LogP contribution in [0.1, 0.15) is 37.0 Å². The largest absolute Gasteiger partial charge is 0.426 e. The van der Waals surface area contributed by atoms with Gasteiger partial charge in [-0.1, -0.05) is 44.2 Å². The number of nitrogens with zero attached hydrogens (tertiary/aromatic N) is 1. The topological polar surface area (TPSA) is 63.7 Å². The minimum atomic E-state index is -3.46. The lowest BCUT2D eigenvalue weighted by molar-refractivity contribution is -0.134. The molecule has 146 valence electrons. The van der Waals surface area contributed by atoms with E-state index in [4.69, 9.17) is 4.74 Å². The van der Waals surface area contributed by atoms with Gasteiger partial charge in [0.15, 0.2) is 0 Å². The van der Waals surface area contributed by atoms with E-state index in [0.29, 0.717) is 25.3 Å². The first-order chi connectivity index (χ1) is 12.8. The molecule has 2 rings (SSSR count). The third-order valence-electron chi connectivity index (χ3n) is 4.51. The molecule has 0 N–H and O–H groups in total. The standard InChI is InChI=1S/C21H27NO4S/c1-5-22(6-2)27(24,25)19-13-10-18(11-14-19)12-15-20(23)26-21-16(3)8-7-9-17(21)4/h7-11,13-14H,5-6,12,15H2,1-4H3. The van der Waals surface area contributed by atoms with Gasteiger partial charge in [-0.25, -0.2) is 8.42 Å². The van der Waals surface area contributed by atoms with Crippen LogP contribution in [0.15, 0.2) is 47.4 Å². The van der Waals surface area contributed by atoms with E-state index in [2.05, 4.69) is 0 Å². The van der Waals surface area contributed by atoms with E-state index in [9.17, 15) is 13.2 Å². The number of carbonyl (C=O) groups is 1. The molecule has 0 saturated carbocycles. The number of benzene rings is 2. The van der Waals surface area contributed by atoms with Crippen molar-refractivity contribution in [3.63, 3.8) is 0 Å². The van der Waals surface area contributed by atoms with E-state index in [0.717, 1.165) is 16.7 Å². The minimum absolute atomic E-state index is 0.232. The van der Waals surface area contributed by atoms with Crippen molar-refractivity contribution in [3.05, 3.63) is 59.2 Å². The SMILES string of the molecule is CCN(CC)S(=O)(=O)c1ccc(CCC(=O)Oc2c(C)cccc2C)cc1. The maximum absolute atomic E-state index is 12.5. The summed E-state index contributed by atoms with van der Waals surface area (Å²) in [7, 11) is -3.46. The highest BCUT2D eigenvalue weighted by Crippen LogP contribution is 2.23. The van der Waals surface area contributed by atoms with Gasteiger partial charge in [0.2, 0.25) is 10.0 Å². The molecule has 2 aromatic carbocycles. The third-order valence-corrected chi connectivity index (χ3v) is 6.57. The average Bonchev–Trinajstić information content (AvgIpc) is 2.64. The van der Waals surface area contributed by atoms with E-state index < -0.39 is 10.0 Å². The van der Waals surface area contributed by atoms with Crippen molar-refractivity contribution in [3.8, 4) is 5.75 Å². The fourth-order valence-corrected chi connectivity index (χ4v) is 4.37. The number of ether oxygens (including phenoxy) is 1. The molecule has 0 bridgehead atoms. The molecule has 0 atom stereocenters. The highest BCUT2D eigenvalue weighted by molar-refractivity contribution is 7.89. The van der Waals surface area contributed by atoms with Crippen molar-refractivity contribution in [2.75, 3.05) is 13.1 Å². The number of esters is 1. The highest BCUT2D eigenvalue weighted by atomic mass is 32.2. The van der Waals surface area contributed by atoms with Gasteiger partial charge in [-0.05, 0) is 49.1 Å². The first-order valence-corrected chi connectivity index (χ1v) is 10.6. The second-order valence-corrected chi connectivity index (χ2v) is 8.37. The van der Waals surface area contributed by atoms with E-state index in [1.807, 2.05) is 45.9 Å². The minimum Gasteiger partial charge on any atom is -0.426 e. The summed E-state index contributed by atoms with van der Waals surface area (Å²) in [5.74, 6) is 0.315. The van der Waals surface area contributed by atoms with Gasteiger partial charge < -0.3 is 4.74 Å². The Hall–Kier alpha value is -2.18. The first kappa shape index (κ1) is 21.1. The van der Waals surface area contributed by atoms with Crippen LogP contribution >= 0.6 is 0 Å². The monoisotopic (exact) mass is 389 g/mol. The molecule has 0 amide bonds. The second-order valence-electron chi connectivity index (χ2n) is 6.43. The van der Waals surface area contributed by atoms with Gasteiger partial charge in [0.05, 0.1) is 4.90 Å². The zero-order valence-corrected chi connectivity index (χ0v) is 17.2. The molecule has 0 aliphatic heterocycles. The number of para-hydroxylation sites is 1. The summed E-state index contributed by atoms with van der Waals surface area (Å²) in [6.07, 6.45) is 0.727. The van der Waals surface area contributed by atoms with Crippen LogP contribution in [-0.4, -0.2) is 31.8 Å². The molecule has 0 aromatic heterocycles. The molecular weight excluding hydrogens is 362 g/mol. The lowest BCUT2D eigenvalue weighted by Gasteiger charge is -2.18. The van der Waals surface area contributed by atoms with Gasteiger partial charge in [-0.2, -0.15) is 4.31 Å². The number of hydrogen-bond acceptors (Lipinski definition) is 4. The number of hydrogen-bond donors (Lipinski definition) is 0. The van der Waals surface area contributed by atoms with E-state index >= 15 is 0 Å². The number of carbonyl (C=O) groups excluding carboxylic acids is 1. The molecule has 0 unspecified atom stereocenters. The summed E-state index contributed by atoms with van der Waals surface area (Å²) in [4.78, 5) is 12.4. The van der Waals surface area contributed by atoms with Crippen molar-refractivity contribution in [1.82, 2.24) is 4.31 Å². The molecule has 2 aromatic rings. The Morgan fingerprint density at radius 2 is 1.52 bits per heavy atom. The lowest BCUT2D eigenvalue weighted by Crippen LogP contribution is -2.30. The smallest absolute Gasteiger partial charge is 0.311 e. The Morgan fingerprint density at radius 3 is 2.04 bits per heavy atom. The molecule has 0 heterocycles. The van der Waals surface area contributed by atoms with Crippen LogP contribution in [0.5, 0.6) is 5.75 Å². The zero-order chi connectivity index (χ0) is 20.0. The molecule has 0 aliphatic carbocycles. The number of rotatable bonds is 8. The van der Waals surface area contributed by atoms with Gasteiger partial charge in [0.25, 0.3) is 0 Å². The van der Waals surface area contributed by atoms with Crippen molar-refractivity contribution in [2.45, 2.75) is 45.4 Å². The van der Waals surface area contributed by atoms with Crippen LogP contribution in [0, 0.1) is 13.8 Å². The van der Waals surface area contributed by atoms with Crippen molar-refractivity contribution >= 4 is 16.0 Å². The van der Waals surface area contributed by atoms with E-state index in [1.54, 1.807) is 24.3 Å². The van der Waals surface area contributed by atoms with Crippen LogP contribution in [0.25, 0.3) is 0 Å². The summed E-state index contributed by atoms with van der Waals surface area (Å²) < 4.78 is 31.9. The molecule has 0 radical (unpaired) electrons. The predicted molar refractivity (Wildman–Crippen MR) is 106 cm³/mol. The Morgan fingerprint density at radius 1 is 0.963 bits per heavy atom. The lowest BCUT2D eigenvalue weighted by atomic mass is 10.1. The van der Waals surface area contributed by atoms with Gasteiger partial charge in [0, 0.05) is 19.5 Å². The average molecular weight is 390 g/mol. The molecule has 6 heteroatoms. The summed E-state index contributed by atoms with van der Waals surface area (Å²) in [6, 6.07) is 12.4. The van der Waals surface area contributed by atoms with Crippen molar-refractivity contribution in [2.24, 2.45) is 0 Å². The molecule has 0 fully saturated rings. The fourth-order valence-electron chi connectivity index (χ4n) is 2.91. The molecule has 27 heavy (non-hydrogen) atoms.